The van der Waals surface area contributed by atoms with Crippen molar-refractivity contribution < 1.29 is 28.5 Å². The molecule has 0 aromatic heterocycles. The molecule has 0 unspecified atom stereocenters. The third-order valence-electron chi connectivity index (χ3n) is 7.85. The second-order valence-corrected chi connectivity index (χ2v) is 10.8. The Bertz CT molecular complexity index is 1500. The molecule has 0 spiro atoms. The lowest BCUT2D eigenvalue weighted by atomic mass is 9.92. The summed E-state index contributed by atoms with van der Waals surface area (Å²) in [6, 6.07) is 34.2. The van der Waals surface area contributed by atoms with Gasteiger partial charge in [0, 0.05) is 12.8 Å². The minimum Gasteiger partial charge on any atom is -0.438 e. The summed E-state index contributed by atoms with van der Waals surface area (Å²) in [4.78, 5) is 22.7. The number of aryl methyl sites for hydroxylation is 2. The average molecular weight is 619 g/mol. The number of methoxy groups -OCH3 is 2. The van der Waals surface area contributed by atoms with Gasteiger partial charge in [-0.25, -0.2) is 9.59 Å². The van der Waals surface area contributed by atoms with Crippen LogP contribution in [0.3, 0.4) is 0 Å². The van der Waals surface area contributed by atoms with Crippen molar-refractivity contribution in [2.75, 3.05) is 27.4 Å². The Balaban J connectivity index is 1.72. The van der Waals surface area contributed by atoms with Gasteiger partial charge in [-0.05, 0) is 68.5 Å². The van der Waals surface area contributed by atoms with Gasteiger partial charge in [0.05, 0.1) is 27.4 Å². The molecular weight excluding hydrogens is 576 g/mol. The largest absolute Gasteiger partial charge is 0.507 e. The molecule has 0 heterocycles. The van der Waals surface area contributed by atoms with Gasteiger partial charge < -0.3 is 18.9 Å². The average Bonchev–Trinajstić information content (AvgIpc) is 3.11. The smallest absolute Gasteiger partial charge is 0.438 e. The molecule has 6 nitrogen and oxygen atoms in total. The molecular formula is C40H42O6. The van der Waals surface area contributed by atoms with E-state index < -0.39 is 12.3 Å². The zero-order chi connectivity index (χ0) is 32.7. The van der Waals surface area contributed by atoms with Gasteiger partial charge in [-0.2, -0.15) is 0 Å². The summed E-state index contributed by atoms with van der Waals surface area (Å²) in [5, 5.41) is 0. The van der Waals surface area contributed by atoms with Gasteiger partial charge in [0.1, 0.15) is 0 Å². The van der Waals surface area contributed by atoms with Crippen molar-refractivity contribution in [1.29, 1.82) is 0 Å². The van der Waals surface area contributed by atoms with E-state index in [9.17, 15) is 9.59 Å². The van der Waals surface area contributed by atoms with Gasteiger partial charge >= 0.3 is 12.3 Å². The van der Waals surface area contributed by atoms with Crippen molar-refractivity contribution in [3.8, 4) is 0 Å². The van der Waals surface area contributed by atoms with E-state index in [0.717, 1.165) is 57.4 Å². The first-order chi connectivity index (χ1) is 22.4. The highest BCUT2D eigenvalue weighted by atomic mass is 16.7. The molecule has 0 aliphatic heterocycles. The van der Waals surface area contributed by atoms with Crippen LogP contribution in [0.15, 0.2) is 109 Å². The zero-order valence-electron chi connectivity index (χ0n) is 27.1. The van der Waals surface area contributed by atoms with E-state index in [1.807, 2.05) is 0 Å². The maximum absolute atomic E-state index is 11.3. The minimum absolute atomic E-state index is 0.246. The number of ether oxygens (including phenoxy) is 4. The van der Waals surface area contributed by atoms with E-state index >= 15 is 0 Å². The Morgan fingerprint density at radius 2 is 0.761 bits per heavy atom. The zero-order valence-corrected chi connectivity index (χ0v) is 27.1. The van der Waals surface area contributed by atoms with Crippen molar-refractivity contribution in [1.82, 2.24) is 0 Å². The fourth-order valence-corrected chi connectivity index (χ4v) is 5.05. The monoisotopic (exact) mass is 618 g/mol. The molecule has 4 rings (SSSR count). The summed E-state index contributed by atoms with van der Waals surface area (Å²) in [5.41, 5.74) is 11.3. The van der Waals surface area contributed by atoms with Crippen LogP contribution in [0.1, 0.15) is 58.4 Å². The van der Waals surface area contributed by atoms with Crippen molar-refractivity contribution in [3.63, 3.8) is 0 Å². The first-order valence-corrected chi connectivity index (χ1v) is 15.6. The Morgan fingerprint density at radius 1 is 0.478 bits per heavy atom. The van der Waals surface area contributed by atoms with Crippen molar-refractivity contribution in [2.45, 2.75) is 39.5 Å². The summed E-state index contributed by atoms with van der Waals surface area (Å²) in [7, 11) is 2.60. The van der Waals surface area contributed by atoms with Crippen LogP contribution in [-0.4, -0.2) is 39.7 Å². The number of rotatable bonds is 13. The predicted octanol–water partition coefficient (Wildman–Crippen LogP) is 9.03. The molecule has 46 heavy (non-hydrogen) atoms. The molecule has 0 atom stereocenters. The van der Waals surface area contributed by atoms with Crippen molar-refractivity contribution in [3.05, 3.63) is 154 Å². The molecule has 0 N–H and O–H groups in total. The highest BCUT2D eigenvalue weighted by molar-refractivity contribution is 5.86. The molecule has 0 aliphatic carbocycles. The molecule has 0 saturated heterocycles. The molecule has 0 radical (unpaired) electrons. The Kier molecular flexibility index (Phi) is 12.8. The van der Waals surface area contributed by atoms with E-state index in [4.69, 9.17) is 9.47 Å². The molecule has 4 aromatic rings. The van der Waals surface area contributed by atoms with Crippen molar-refractivity contribution >= 4 is 23.5 Å². The first kappa shape index (κ1) is 33.8. The topological polar surface area (TPSA) is 71.1 Å². The van der Waals surface area contributed by atoms with Crippen LogP contribution < -0.4 is 0 Å². The minimum atomic E-state index is -0.682. The second-order valence-electron chi connectivity index (χ2n) is 10.8. The summed E-state index contributed by atoms with van der Waals surface area (Å²) in [5.74, 6) is 0. The Labute approximate surface area is 272 Å². The quantitative estimate of drug-likeness (QED) is 0.110. The fraction of sp³-hybridized carbons (Fsp3) is 0.250. The molecule has 0 aliphatic rings. The third-order valence-corrected chi connectivity index (χ3v) is 7.85. The van der Waals surface area contributed by atoms with Gasteiger partial charge in [0.2, 0.25) is 0 Å². The lowest BCUT2D eigenvalue weighted by Crippen LogP contribution is -2.07. The highest BCUT2D eigenvalue weighted by Crippen LogP contribution is 2.29. The van der Waals surface area contributed by atoms with Gasteiger partial charge in [0.25, 0.3) is 0 Å². The summed E-state index contributed by atoms with van der Waals surface area (Å²) in [6.07, 6.45) is 6.17. The summed E-state index contributed by atoms with van der Waals surface area (Å²) >= 11 is 0. The van der Waals surface area contributed by atoms with Crippen LogP contribution in [0.4, 0.5) is 9.59 Å². The highest BCUT2D eigenvalue weighted by Gasteiger charge is 2.10. The molecule has 0 saturated carbocycles. The van der Waals surface area contributed by atoms with Gasteiger partial charge in [-0.1, -0.05) is 123 Å². The van der Waals surface area contributed by atoms with Gasteiger partial charge in [-0.3, -0.25) is 0 Å². The van der Waals surface area contributed by atoms with E-state index in [0.29, 0.717) is 12.8 Å². The normalized spacial score (nSPS) is 10.4. The molecule has 4 aromatic carbocycles. The van der Waals surface area contributed by atoms with Crippen LogP contribution in [0.25, 0.3) is 11.1 Å². The SMILES string of the molecule is CCc1ccc(C(=CC=C(c2ccc(CCOC(=O)OC)cc2)c2ccc(CCOC(=O)OC)cc2)c2ccc(CC)cc2)cc1. The van der Waals surface area contributed by atoms with E-state index in [2.05, 4.69) is 133 Å². The number of benzene rings is 4. The number of hydrogen-bond acceptors (Lipinski definition) is 6. The van der Waals surface area contributed by atoms with Crippen LogP contribution in [0, 0.1) is 0 Å². The molecule has 238 valence electrons. The number of carbonyl (C=O) groups excluding carboxylic acids is 2. The molecule has 6 heteroatoms. The van der Waals surface area contributed by atoms with Crippen LogP contribution in [-0.2, 0) is 44.6 Å². The third kappa shape index (κ3) is 9.70. The summed E-state index contributed by atoms with van der Waals surface area (Å²) < 4.78 is 19.3. The lowest BCUT2D eigenvalue weighted by Gasteiger charge is -2.13. The Morgan fingerprint density at radius 3 is 1.02 bits per heavy atom. The Hall–Kier alpha value is -5.10. The van der Waals surface area contributed by atoms with Gasteiger partial charge in [0.15, 0.2) is 0 Å². The maximum Gasteiger partial charge on any atom is 0.507 e. The predicted molar refractivity (Wildman–Crippen MR) is 183 cm³/mol. The van der Waals surface area contributed by atoms with Crippen LogP contribution in [0.2, 0.25) is 0 Å². The van der Waals surface area contributed by atoms with Crippen LogP contribution in [0.5, 0.6) is 0 Å². The van der Waals surface area contributed by atoms with E-state index in [1.165, 1.54) is 25.3 Å². The van der Waals surface area contributed by atoms with E-state index in [-0.39, 0.29) is 13.2 Å². The van der Waals surface area contributed by atoms with E-state index in [1.54, 1.807) is 0 Å². The second kappa shape index (κ2) is 17.4. The molecule has 0 amide bonds. The summed E-state index contributed by atoms with van der Waals surface area (Å²) in [6.45, 7) is 4.82. The molecule has 0 fully saturated rings. The maximum atomic E-state index is 11.3. The number of carbonyl (C=O) groups is 2. The van der Waals surface area contributed by atoms with Crippen LogP contribution >= 0.6 is 0 Å². The standard InChI is InChI=1S/C40H42O6/c1-5-29-7-15-33(16-8-29)37(34-17-9-30(6-2)10-18-34)23-24-38(35-19-11-31(12-20-35)25-27-45-39(41)43-3)36-21-13-32(14-22-36)26-28-46-40(42)44-4/h7-24H,5-6,25-28H2,1-4H3. The number of hydrogen-bond donors (Lipinski definition) is 0. The van der Waals surface area contributed by atoms with Gasteiger partial charge in [-0.15, -0.1) is 0 Å². The first-order valence-electron chi connectivity index (χ1n) is 15.6. The lowest BCUT2D eigenvalue weighted by molar-refractivity contribution is 0.0727. The van der Waals surface area contributed by atoms with Crippen molar-refractivity contribution in [2.24, 2.45) is 0 Å². The number of allylic oxidation sites excluding steroid dienone is 2. The fourth-order valence-electron chi connectivity index (χ4n) is 5.05. The molecule has 0 bridgehead atoms.